The lowest BCUT2D eigenvalue weighted by Gasteiger charge is -2.25. The van der Waals surface area contributed by atoms with E-state index in [4.69, 9.17) is 4.74 Å². The number of benzene rings is 1. The second kappa shape index (κ2) is 5.40. The Balaban J connectivity index is 2.40. The lowest BCUT2D eigenvalue weighted by Crippen LogP contribution is -2.32. The van der Waals surface area contributed by atoms with E-state index in [1.165, 1.54) is 0 Å². The maximum absolute atomic E-state index is 11.6. The minimum Gasteiger partial charge on any atom is -0.496 e. The van der Waals surface area contributed by atoms with E-state index in [-0.39, 0.29) is 0 Å². The number of carboxylic acids is 1. The van der Waals surface area contributed by atoms with Crippen molar-refractivity contribution in [1.82, 2.24) is 4.90 Å². The Morgan fingerprint density at radius 1 is 1.39 bits per heavy atom. The van der Waals surface area contributed by atoms with E-state index in [2.05, 4.69) is 0 Å². The van der Waals surface area contributed by atoms with Gasteiger partial charge in [-0.3, -0.25) is 9.69 Å². The summed E-state index contributed by atoms with van der Waals surface area (Å²) in [4.78, 5) is 13.6. The predicted molar refractivity (Wildman–Crippen MR) is 68.9 cm³/mol. The summed E-state index contributed by atoms with van der Waals surface area (Å²) in [5, 5.41) is 9.50. The van der Waals surface area contributed by atoms with Gasteiger partial charge in [0.15, 0.2) is 0 Å². The van der Waals surface area contributed by atoms with Gasteiger partial charge in [0.05, 0.1) is 7.11 Å². The van der Waals surface area contributed by atoms with Crippen LogP contribution in [0.2, 0.25) is 0 Å². The Kier molecular flexibility index (Phi) is 3.87. The maximum atomic E-state index is 11.6. The molecule has 1 heterocycles. The van der Waals surface area contributed by atoms with Crippen LogP contribution in [0.15, 0.2) is 18.2 Å². The molecule has 1 aliphatic heterocycles. The normalized spacial score (nSPS) is 17.7. The van der Waals surface area contributed by atoms with Gasteiger partial charge in [-0.25, -0.2) is 0 Å². The highest BCUT2D eigenvalue weighted by molar-refractivity contribution is 5.77. The molecule has 1 saturated heterocycles. The van der Waals surface area contributed by atoms with Crippen LogP contribution in [0.4, 0.5) is 0 Å². The first kappa shape index (κ1) is 12.9. The molecule has 0 radical (unpaired) electrons. The fraction of sp³-hybridized carbons (Fsp3) is 0.500. The Labute approximate surface area is 107 Å². The fourth-order valence-corrected chi connectivity index (χ4v) is 2.55. The summed E-state index contributed by atoms with van der Waals surface area (Å²) in [6, 6.07) is 5.10. The third kappa shape index (κ3) is 2.48. The molecule has 0 saturated carbocycles. The summed E-state index contributed by atoms with van der Waals surface area (Å²) in [7, 11) is 1.58. The predicted octanol–water partition coefficient (Wildman–Crippen LogP) is 2.23. The van der Waals surface area contributed by atoms with E-state index in [1.807, 2.05) is 30.0 Å². The lowest BCUT2D eigenvalue weighted by atomic mass is 10.0. The van der Waals surface area contributed by atoms with E-state index in [9.17, 15) is 9.90 Å². The number of carboxylic acid groups (broad SMARTS) is 1. The quantitative estimate of drug-likeness (QED) is 0.889. The van der Waals surface area contributed by atoms with Gasteiger partial charge < -0.3 is 9.84 Å². The first-order valence-corrected chi connectivity index (χ1v) is 6.25. The van der Waals surface area contributed by atoms with Crippen LogP contribution in [0.3, 0.4) is 0 Å². The van der Waals surface area contributed by atoms with Crippen molar-refractivity contribution in [2.24, 2.45) is 0 Å². The molecule has 1 aromatic carbocycles. The molecular formula is C14H19NO3. The zero-order valence-electron chi connectivity index (χ0n) is 10.8. The van der Waals surface area contributed by atoms with Crippen molar-refractivity contribution >= 4 is 5.97 Å². The minimum atomic E-state index is -0.805. The molecule has 1 aromatic rings. The average molecular weight is 249 g/mol. The summed E-state index contributed by atoms with van der Waals surface area (Å²) in [6.45, 7) is 3.65. The van der Waals surface area contributed by atoms with Gasteiger partial charge in [-0.05, 0) is 38.9 Å². The largest absolute Gasteiger partial charge is 0.496 e. The molecule has 2 rings (SSSR count). The highest BCUT2D eigenvalue weighted by Gasteiger charge is 2.31. The van der Waals surface area contributed by atoms with Gasteiger partial charge in [-0.1, -0.05) is 17.7 Å². The molecule has 18 heavy (non-hydrogen) atoms. The number of carbonyl (C=O) groups is 1. The summed E-state index contributed by atoms with van der Waals surface area (Å²) < 4.78 is 5.30. The average Bonchev–Trinajstić information content (AvgIpc) is 2.83. The molecule has 0 amide bonds. The van der Waals surface area contributed by atoms with Crippen LogP contribution in [0, 0.1) is 6.92 Å². The molecule has 0 spiro atoms. The Hall–Kier alpha value is -1.55. The number of hydrogen-bond donors (Lipinski definition) is 1. The number of aryl methyl sites for hydroxylation is 1. The molecule has 1 aliphatic rings. The second-order valence-electron chi connectivity index (χ2n) is 4.73. The van der Waals surface area contributed by atoms with Crippen LogP contribution in [-0.2, 0) is 4.79 Å². The van der Waals surface area contributed by atoms with Gasteiger partial charge in [-0.15, -0.1) is 0 Å². The number of nitrogens with zero attached hydrogens (tertiary/aromatic N) is 1. The van der Waals surface area contributed by atoms with E-state index in [0.717, 1.165) is 37.1 Å². The second-order valence-corrected chi connectivity index (χ2v) is 4.73. The van der Waals surface area contributed by atoms with Crippen LogP contribution >= 0.6 is 0 Å². The number of hydrogen-bond acceptors (Lipinski definition) is 3. The van der Waals surface area contributed by atoms with Crippen LogP contribution in [-0.4, -0.2) is 36.2 Å². The Morgan fingerprint density at radius 2 is 2.06 bits per heavy atom. The maximum Gasteiger partial charge on any atom is 0.325 e. The Morgan fingerprint density at radius 3 is 2.61 bits per heavy atom. The molecule has 1 atom stereocenters. The molecule has 0 aliphatic carbocycles. The summed E-state index contributed by atoms with van der Waals surface area (Å²) in [5.41, 5.74) is 1.81. The molecule has 1 N–H and O–H groups in total. The number of ether oxygens (including phenoxy) is 1. The van der Waals surface area contributed by atoms with E-state index in [0.29, 0.717) is 5.75 Å². The standard InChI is InChI=1S/C14H19NO3/c1-10-5-6-12(18-2)11(9-10)13(14(16)17)15-7-3-4-8-15/h5-6,9,13H,3-4,7-8H2,1-2H3,(H,16,17). The molecule has 98 valence electrons. The van der Waals surface area contributed by atoms with E-state index in [1.54, 1.807) is 7.11 Å². The molecule has 4 nitrogen and oxygen atoms in total. The molecule has 1 fully saturated rings. The van der Waals surface area contributed by atoms with Gasteiger partial charge in [-0.2, -0.15) is 0 Å². The van der Waals surface area contributed by atoms with E-state index >= 15 is 0 Å². The summed E-state index contributed by atoms with van der Waals surface area (Å²) >= 11 is 0. The van der Waals surface area contributed by atoms with Crippen LogP contribution < -0.4 is 4.74 Å². The highest BCUT2D eigenvalue weighted by atomic mass is 16.5. The van der Waals surface area contributed by atoms with Crippen LogP contribution in [0.5, 0.6) is 5.75 Å². The number of rotatable bonds is 4. The first-order chi connectivity index (χ1) is 8.63. The van der Waals surface area contributed by atoms with Crippen molar-refractivity contribution in [2.75, 3.05) is 20.2 Å². The van der Waals surface area contributed by atoms with Crippen molar-refractivity contribution in [2.45, 2.75) is 25.8 Å². The highest BCUT2D eigenvalue weighted by Crippen LogP contribution is 2.32. The van der Waals surface area contributed by atoms with Crippen molar-refractivity contribution in [3.8, 4) is 5.75 Å². The Bertz CT molecular complexity index is 439. The number of aliphatic carboxylic acids is 1. The van der Waals surface area contributed by atoms with Gasteiger partial charge >= 0.3 is 5.97 Å². The van der Waals surface area contributed by atoms with Crippen molar-refractivity contribution in [3.05, 3.63) is 29.3 Å². The molecule has 1 unspecified atom stereocenters. The van der Waals surface area contributed by atoms with Crippen molar-refractivity contribution in [1.29, 1.82) is 0 Å². The molecule has 4 heteroatoms. The molecular weight excluding hydrogens is 230 g/mol. The van der Waals surface area contributed by atoms with Gasteiger partial charge in [0.1, 0.15) is 11.8 Å². The van der Waals surface area contributed by atoms with E-state index < -0.39 is 12.0 Å². The fourth-order valence-electron chi connectivity index (χ4n) is 2.55. The van der Waals surface area contributed by atoms with Crippen LogP contribution in [0.25, 0.3) is 0 Å². The molecule has 0 bridgehead atoms. The summed E-state index contributed by atoms with van der Waals surface area (Å²) in [5.74, 6) is -0.152. The van der Waals surface area contributed by atoms with Crippen molar-refractivity contribution < 1.29 is 14.6 Å². The summed E-state index contributed by atoms with van der Waals surface area (Å²) in [6.07, 6.45) is 2.13. The third-order valence-electron chi connectivity index (χ3n) is 3.42. The van der Waals surface area contributed by atoms with Gasteiger partial charge in [0.25, 0.3) is 0 Å². The topological polar surface area (TPSA) is 49.8 Å². The molecule has 0 aromatic heterocycles. The number of methoxy groups -OCH3 is 1. The first-order valence-electron chi connectivity index (χ1n) is 6.25. The SMILES string of the molecule is COc1ccc(C)cc1C(C(=O)O)N1CCCC1. The minimum absolute atomic E-state index is 0.595. The van der Waals surface area contributed by atoms with Gasteiger partial charge in [0, 0.05) is 5.56 Å². The lowest BCUT2D eigenvalue weighted by molar-refractivity contribution is -0.143. The zero-order valence-corrected chi connectivity index (χ0v) is 10.8. The van der Waals surface area contributed by atoms with Crippen LogP contribution in [0.1, 0.15) is 30.0 Å². The smallest absolute Gasteiger partial charge is 0.325 e. The third-order valence-corrected chi connectivity index (χ3v) is 3.42. The number of likely N-dealkylation sites (tertiary alicyclic amines) is 1. The van der Waals surface area contributed by atoms with Gasteiger partial charge in [0.2, 0.25) is 0 Å². The van der Waals surface area contributed by atoms with Crippen molar-refractivity contribution in [3.63, 3.8) is 0 Å². The monoisotopic (exact) mass is 249 g/mol. The zero-order chi connectivity index (χ0) is 13.1.